The Morgan fingerprint density at radius 3 is 1.30 bits per heavy atom. The second kappa shape index (κ2) is 8.40. The Hall–Kier alpha value is -2.38. The van der Waals surface area contributed by atoms with Crippen molar-refractivity contribution in [1.29, 1.82) is 0 Å². The second-order valence-corrected chi connectivity index (χ2v) is 8.06. The highest BCUT2D eigenvalue weighted by Crippen LogP contribution is 2.38. The maximum absolute atomic E-state index is 6.72. The fourth-order valence-electron chi connectivity index (χ4n) is 3.63. The van der Waals surface area contributed by atoms with Crippen LogP contribution in [0.15, 0.2) is 92.6 Å². The summed E-state index contributed by atoms with van der Waals surface area (Å²) in [5, 5.41) is 18.1. The van der Waals surface area contributed by atoms with Crippen LogP contribution in [0.4, 0.5) is 11.4 Å². The Labute approximate surface area is 187 Å². The monoisotopic (exact) mass is 442 g/mol. The summed E-state index contributed by atoms with van der Waals surface area (Å²) in [5.74, 6) is 0. The first kappa shape index (κ1) is 20.9. The Balaban J connectivity index is 1.67. The zero-order valence-electron chi connectivity index (χ0n) is 17.4. The first-order valence-electron chi connectivity index (χ1n) is 9.78. The molecule has 2 unspecified atom stereocenters. The van der Waals surface area contributed by atoms with Crippen molar-refractivity contribution in [3.8, 4) is 0 Å². The van der Waals surface area contributed by atoms with Crippen LogP contribution in [0.3, 0.4) is 0 Å². The third-order valence-corrected chi connectivity index (χ3v) is 6.31. The van der Waals surface area contributed by atoms with E-state index < -0.39 is 0 Å². The normalized spacial score (nSPS) is 23.5. The minimum Gasteiger partial charge on any atom is -0.261 e. The van der Waals surface area contributed by atoms with Gasteiger partial charge in [-0.1, -0.05) is 59.6 Å². The predicted molar refractivity (Wildman–Crippen MR) is 123 cm³/mol. The number of hydrazine groups is 2. The highest BCUT2D eigenvalue weighted by molar-refractivity contribution is 6.32. The minimum atomic E-state index is -0.0273. The van der Waals surface area contributed by atoms with Crippen LogP contribution in [0.5, 0.6) is 0 Å². The van der Waals surface area contributed by atoms with Gasteiger partial charge in [-0.2, -0.15) is 10.2 Å². The lowest BCUT2D eigenvalue weighted by Gasteiger charge is -2.29. The number of hydrogen-bond acceptors (Lipinski definition) is 6. The van der Waals surface area contributed by atoms with Crippen LogP contribution in [-0.4, -0.2) is 36.2 Å². The molecule has 2 aromatic rings. The Morgan fingerprint density at radius 2 is 0.967 bits per heavy atom. The molecule has 6 nitrogen and oxygen atoms in total. The molecule has 0 bridgehead atoms. The Kier molecular flexibility index (Phi) is 5.84. The highest BCUT2D eigenvalue weighted by atomic mass is 35.5. The van der Waals surface area contributed by atoms with Crippen LogP contribution in [0.2, 0.25) is 0 Å². The van der Waals surface area contributed by atoms with Gasteiger partial charge in [0.1, 0.15) is 21.7 Å². The molecule has 4 rings (SSSR count). The molecular weight excluding hydrogens is 419 g/mol. The quantitative estimate of drug-likeness (QED) is 0.445. The third-order valence-electron chi connectivity index (χ3n) is 5.61. The van der Waals surface area contributed by atoms with Crippen molar-refractivity contribution in [2.75, 3.05) is 24.1 Å². The third kappa shape index (κ3) is 3.50. The van der Waals surface area contributed by atoms with Crippen LogP contribution >= 0.6 is 23.2 Å². The average molecular weight is 443 g/mol. The summed E-state index contributed by atoms with van der Waals surface area (Å²) in [5.41, 5.74) is 3.35. The molecule has 0 radical (unpaired) electrons. The number of nitrogens with zero attached hydrogens (tertiary/aromatic N) is 6. The van der Waals surface area contributed by atoms with Gasteiger partial charge >= 0.3 is 0 Å². The Morgan fingerprint density at radius 1 is 0.633 bits per heavy atom. The molecule has 2 aromatic carbocycles. The molecular formula is C22H24Cl2N6. The van der Waals surface area contributed by atoms with E-state index in [-0.39, 0.29) is 12.1 Å². The summed E-state index contributed by atoms with van der Waals surface area (Å²) in [6.45, 7) is 4.10. The van der Waals surface area contributed by atoms with Crippen molar-refractivity contribution in [2.24, 2.45) is 10.2 Å². The Bertz CT molecular complexity index is 923. The SMILES string of the molecule is CC1C(N=NC2=C(Cl)N(c3ccccc3)N(C)C2C)=C(Cl)N(c2ccccc2)N1C. The molecule has 0 aliphatic carbocycles. The van der Waals surface area contributed by atoms with Gasteiger partial charge in [0.2, 0.25) is 0 Å². The molecule has 2 heterocycles. The van der Waals surface area contributed by atoms with Crippen molar-refractivity contribution in [3.05, 3.63) is 82.4 Å². The number of anilines is 2. The zero-order chi connectivity index (χ0) is 21.4. The lowest BCUT2D eigenvalue weighted by atomic mass is 10.3. The maximum Gasteiger partial charge on any atom is 0.149 e. The zero-order valence-corrected chi connectivity index (χ0v) is 18.9. The fraction of sp³-hybridized carbons (Fsp3) is 0.273. The van der Waals surface area contributed by atoms with Gasteiger partial charge in [-0.3, -0.25) is 10.0 Å². The van der Waals surface area contributed by atoms with Crippen LogP contribution in [-0.2, 0) is 0 Å². The lowest BCUT2D eigenvalue weighted by Crippen LogP contribution is -2.37. The molecule has 30 heavy (non-hydrogen) atoms. The fourth-order valence-corrected chi connectivity index (χ4v) is 4.45. The van der Waals surface area contributed by atoms with Crippen molar-refractivity contribution in [2.45, 2.75) is 25.9 Å². The van der Waals surface area contributed by atoms with E-state index in [0.29, 0.717) is 21.7 Å². The molecule has 2 aliphatic rings. The van der Waals surface area contributed by atoms with Crippen molar-refractivity contribution in [1.82, 2.24) is 10.0 Å². The van der Waals surface area contributed by atoms with E-state index in [0.717, 1.165) is 11.4 Å². The smallest absolute Gasteiger partial charge is 0.149 e. The van der Waals surface area contributed by atoms with E-state index in [9.17, 15) is 0 Å². The molecule has 2 atom stereocenters. The van der Waals surface area contributed by atoms with E-state index in [4.69, 9.17) is 23.2 Å². The second-order valence-electron chi connectivity index (χ2n) is 7.35. The standard InChI is InChI=1S/C22H24Cl2N6/c1-15-19(21(23)29(27(15)3)17-11-7-5-8-12-17)25-26-20-16(2)28(4)30(22(20)24)18-13-9-6-10-14-18/h5-16H,1-4H3. The molecule has 0 N–H and O–H groups in total. The molecule has 0 saturated heterocycles. The van der Waals surface area contributed by atoms with Gasteiger partial charge in [0, 0.05) is 14.1 Å². The first-order chi connectivity index (χ1) is 14.4. The molecule has 0 saturated carbocycles. The van der Waals surface area contributed by atoms with Crippen molar-refractivity contribution in [3.63, 3.8) is 0 Å². The van der Waals surface area contributed by atoms with E-state index >= 15 is 0 Å². The lowest BCUT2D eigenvalue weighted by molar-refractivity contribution is 0.308. The first-order valence-corrected chi connectivity index (χ1v) is 10.5. The summed E-state index contributed by atoms with van der Waals surface area (Å²) in [6.07, 6.45) is 0. The number of benzene rings is 2. The van der Waals surface area contributed by atoms with Gasteiger partial charge in [0.25, 0.3) is 0 Å². The highest BCUT2D eigenvalue weighted by Gasteiger charge is 2.37. The molecule has 2 aliphatic heterocycles. The van der Waals surface area contributed by atoms with E-state index in [2.05, 4.69) is 24.1 Å². The largest absolute Gasteiger partial charge is 0.261 e. The van der Waals surface area contributed by atoms with Gasteiger partial charge in [0.15, 0.2) is 0 Å². The van der Waals surface area contributed by atoms with Crippen molar-refractivity contribution >= 4 is 34.6 Å². The minimum absolute atomic E-state index is 0.0273. The number of azo groups is 1. The maximum atomic E-state index is 6.72. The molecule has 0 amide bonds. The van der Waals surface area contributed by atoms with Gasteiger partial charge in [-0.25, -0.2) is 10.0 Å². The molecule has 0 aromatic heterocycles. The number of hydrogen-bond donors (Lipinski definition) is 0. The summed E-state index contributed by atoms with van der Waals surface area (Å²) in [7, 11) is 3.97. The van der Waals surface area contributed by atoms with E-state index in [1.54, 1.807) is 0 Å². The van der Waals surface area contributed by atoms with Gasteiger partial charge in [0.05, 0.1) is 23.5 Å². The summed E-state index contributed by atoms with van der Waals surface area (Å²) in [4.78, 5) is 0. The predicted octanol–water partition coefficient (Wildman–Crippen LogP) is 5.77. The summed E-state index contributed by atoms with van der Waals surface area (Å²) >= 11 is 13.4. The van der Waals surface area contributed by atoms with Crippen LogP contribution in [0.25, 0.3) is 0 Å². The van der Waals surface area contributed by atoms with E-state index in [1.165, 1.54) is 0 Å². The number of halogens is 2. The van der Waals surface area contributed by atoms with Gasteiger partial charge < -0.3 is 0 Å². The number of rotatable bonds is 4. The number of likely N-dealkylation sites (N-methyl/N-ethyl adjacent to an activating group) is 2. The topological polar surface area (TPSA) is 37.7 Å². The van der Waals surface area contributed by atoms with E-state index in [1.807, 2.05) is 94.8 Å². The van der Waals surface area contributed by atoms with Crippen LogP contribution < -0.4 is 10.0 Å². The average Bonchev–Trinajstić information content (AvgIpc) is 3.10. The summed E-state index contributed by atoms with van der Waals surface area (Å²) in [6, 6.07) is 19.9. The molecule has 156 valence electrons. The summed E-state index contributed by atoms with van der Waals surface area (Å²) < 4.78 is 0. The molecule has 0 fully saturated rings. The molecule has 8 heteroatoms. The van der Waals surface area contributed by atoms with Crippen LogP contribution in [0.1, 0.15) is 13.8 Å². The van der Waals surface area contributed by atoms with Crippen LogP contribution in [0, 0.1) is 0 Å². The van der Waals surface area contributed by atoms with Crippen molar-refractivity contribution < 1.29 is 0 Å². The van der Waals surface area contributed by atoms with Gasteiger partial charge in [-0.05, 0) is 38.1 Å². The van der Waals surface area contributed by atoms with Gasteiger partial charge in [-0.15, -0.1) is 0 Å². The number of para-hydroxylation sites is 2. The molecule has 0 spiro atoms.